The summed E-state index contributed by atoms with van der Waals surface area (Å²) in [6.45, 7) is 6.40. The monoisotopic (exact) mass is 264 g/mol. The molecule has 1 saturated carbocycles. The minimum atomic E-state index is 0.160. The van der Waals surface area contributed by atoms with Gasteiger partial charge in [-0.3, -0.25) is 9.58 Å². The van der Waals surface area contributed by atoms with Gasteiger partial charge in [-0.05, 0) is 38.1 Å². The molecule has 0 radical (unpaired) electrons. The Morgan fingerprint density at radius 2 is 2.05 bits per heavy atom. The van der Waals surface area contributed by atoms with Gasteiger partial charge in [0.15, 0.2) is 0 Å². The number of aromatic nitrogens is 2. The van der Waals surface area contributed by atoms with Crippen LogP contribution in [0.4, 0.5) is 0 Å². The second kappa shape index (κ2) is 5.63. The van der Waals surface area contributed by atoms with Crippen molar-refractivity contribution in [1.29, 1.82) is 0 Å². The van der Waals surface area contributed by atoms with Crippen molar-refractivity contribution in [2.24, 2.45) is 24.6 Å². The zero-order valence-electron chi connectivity index (χ0n) is 12.8. The quantitative estimate of drug-likeness (QED) is 0.905. The molecule has 1 aliphatic rings. The van der Waals surface area contributed by atoms with Crippen LogP contribution in [-0.2, 0) is 13.6 Å². The zero-order chi connectivity index (χ0) is 14.0. The summed E-state index contributed by atoms with van der Waals surface area (Å²) in [6, 6.07) is 0. The number of hydrogen-bond donors (Lipinski definition) is 1. The third-order valence-corrected chi connectivity index (χ3v) is 4.63. The third-order valence-electron chi connectivity index (χ3n) is 4.63. The van der Waals surface area contributed by atoms with E-state index in [1.807, 2.05) is 17.9 Å². The van der Waals surface area contributed by atoms with Crippen LogP contribution in [0.25, 0.3) is 0 Å². The van der Waals surface area contributed by atoms with Crippen molar-refractivity contribution in [2.45, 2.75) is 45.2 Å². The number of likely N-dealkylation sites (N-methyl/N-ethyl adjacent to an activating group) is 1. The molecule has 0 spiro atoms. The van der Waals surface area contributed by atoms with Crippen LogP contribution in [0.15, 0.2) is 12.4 Å². The summed E-state index contributed by atoms with van der Waals surface area (Å²) in [6.07, 6.45) is 7.81. The Bertz CT molecular complexity index is 402. The van der Waals surface area contributed by atoms with Crippen molar-refractivity contribution in [3.05, 3.63) is 18.0 Å². The molecule has 108 valence electrons. The highest BCUT2D eigenvalue weighted by molar-refractivity contribution is 5.06. The first-order valence-electron chi connectivity index (χ1n) is 7.34. The fourth-order valence-corrected chi connectivity index (χ4v) is 3.86. The van der Waals surface area contributed by atoms with E-state index >= 15 is 0 Å². The molecule has 2 atom stereocenters. The van der Waals surface area contributed by atoms with Crippen molar-refractivity contribution >= 4 is 0 Å². The minimum absolute atomic E-state index is 0.160. The van der Waals surface area contributed by atoms with Gasteiger partial charge in [0.25, 0.3) is 0 Å². The SMILES string of the molecule is CC1CC(C)CC(CN)(N(C)Cc2cnn(C)c2)C1. The Morgan fingerprint density at radius 1 is 1.42 bits per heavy atom. The topological polar surface area (TPSA) is 47.1 Å². The van der Waals surface area contributed by atoms with E-state index in [-0.39, 0.29) is 5.54 Å². The molecule has 1 aromatic rings. The fourth-order valence-electron chi connectivity index (χ4n) is 3.86. The summed E-state index contributed by atoms with van der Waals surface area (Å²) >= 11 is 0. The highest BCUT2D eigenvalue weighted by Crippen LogP contribution is 2.39. The van der Waals surface area contributed by atoms with E-state index in [9.17, 15) is 0 Å². The Labute approximate surface area is 117 Å². The lowest BCUT2D eigenvalue weighted by Crippen LogP contribution is -2.55. The second-order valence-electron chi connectivity index (χ2n) is 6.66. The fraction of sp³-hybridized carbons (Fsp3) is 0.800. The van der Waals surface area contributed by atoms with Crippen molar-refractivity contribution in [3.63, 3.8) is 0 Å². The summed E-state index contributed by atoms with van der Waals surface area (Å²) in [4.78, 5) is 2.45. The largest absolute Gasteiger partial charge is 0.329 e. The Hall–Kier alpha value is -0.870. The van der Waals surface area contributed by atoms with Gasteiger partial charge >= 0.3 is 0 Å². The molecule has 19 heavy (non-hydrogen) atoms. The van der Waals surface area contributed by atoms with Gasteiger partial charge in [-0.2, -0.15) is 5.10 Å². The lowest BCUT2D eigenvalue weighted by molar-refractivity contribution is 0.0333. The predicted octanol–water partition coefficient (Wildman–Crippen LogP) is 2.01. The van der Waals surface area contributed by atoms with Crippen molar-refractivity contribution in [2.75, 3.05) is 13.6 Å². The molecule has 0 amide bonds. The van der Waals surface area contributed by atoms with Gasteiger partial charge in [0.2, 0.25) is 0 Å². The molecule has 1 heterocycles. The van der Waals surface area contributed by atoms with E-state index in [0.717, 1.165) is 24.9 Å². The molecule has 0 aliphatic heterocycles. The molecular weight excluding hydrogens is 236 g/mol. The summed E-state index contributed by atoms with van der Waals surface area (Å²) < 4.78 is 1.87. The first-order valence-corrected chi connectivity index (χ1v) is 7.34. The van der Waals surface area contributed by atoms with Crippen LogP contribution < -0.4 is 5.73 Å². The Balaban J connectivity index is 2.11. The van der Waals surface area contributed by atoms with Crippen LogP contribution in [0.5, 0.6) is 0 Å². The van der Waals surface area contributed by atoms with Gasteiger partial charge in [-0.25, -0.2) is 0 Å². The first kappa shape index (κ1) is 14.5. The molecule has 0 saturated heterocycles. The number of hydrogen-bond acceptors (Lipinski definition) is 3. The lowest BCUT2D eigenvalue weighted by Gasteiger charge is -2.48. The Kier molecular flexibility index (Phi) is 4.31. The normalized spacial score (nSPS) is 31.9. The third kappa shape index (κ3) is 3.18. The average molecular weight is 264 g/mol. The molecule has 1 aromatic heterocycles. The maximum Gasteiger partial charge on any atom is 0.0534 e. The average Bonchev–Trinajstić information content (AvgIpc) is 2.73. The predicted molar refractivity (Wildman–Crippen MR) is 78.6 cm³/mol. The van der Waals surface area contributed by atoms with Gasteiger partial charge in [0, 0.05) is 37.4 Å². The van der Waals surface area contributed by atoms with E-state index < -0.39 is 0 Å². The van der Waals surface area contributed by atoms with Crippen LogP contribution in [0, 0.1) is 11.8 Å². The molecule has 4 heteroatoms. The maximum atomic E-state index is 6.16. The second-order valence-corrected chi connectivity index (χ2v) is 6.66. The molecule has 1 fully saturated rings. The molecule has 1 aliphatic carbocycles. The van der Waals surface area contributed by atoms with Gasteiger partial charge in [0.05, 0.1) is 6.20 Å². The number of nitrogens with zero attached hydrogens (tertiary/aromatic N) is 3. The minimum Gasteiger partial charge on any atom is -0.329 e. The molecule has 0 bridgehead atoms. The molecule has 0 aromatic carbocycles. The smallest absolute Gasteiger partial charge is 0.0534 e. The van der Waals surface area contributed by atoms with Gasteiger partial charge in [-0.15, -0.1) is 0 Å². The van der Waals surface area contributed by atoms with E-state index in [4.69, 9.17) is 5.73 Å². The van der Waals surface area contributed by atoms with Crippen LogP contribution in [0.3, 0.4) is 0 Å². The highest BCUT2D eigenvalue weighted by atomic mass is 15.2. The number of rotatable bonds is 4. The zero-order valence-corrected chi connectivity index (χ0v) is 12.8. The van der Waals surface area contributed by atoms with Crippen LogP contribution in [-0.4, -0.2) is 33.8 Å². The maximum absolute atomic E-state index is 6.16. The van der Waals surface area contributed by atoms with Gasteiger partial charge in [0.1, 0.15) is 0 Å². The van der Waals surface area contributed by atoms with E-state index in [1.54, 1.807) is 0 Å². The molecule has 2 N–H and O–H groups in total. The summed E-state index contributed by atoms with van der Waals surface area (Å²) in [7, 11) is 4.18. The van der Waals surface area contributed by atoms with Crippen molar-refractivity contribution < 1.29 is 0 Å². The van der Waals surface area contributed by atoms with Gasteiger partial charge < -0.3 is 5.73 Å². The molecule has 2 rings (SSSR count). The van der Waals surface area contributed by atoms with Crippen molar-refractivity contribution in [3.8, 4) is 0 Å². The van der Waals surface area contributed by atoms with Crippen LogP contribution in [0.2, 0.25) is 0 Å². The summed E-state index contributed by atoms with van der Waals surface area (Å²) in [5, 5.41) is 4.25. The molecular formula is C15H28N4. The van der Waals surface area contributed by atoms with Crippen LogP contribution >= 0.6 is 0 Å². The molecule has 2 unspecified atom stereocenters. The summed E-state index contributed by atoms with van der Waals surface area (Å²) in [5.41, 5.74) is 7.59. The van der Waals surface area contributed by atoms with E-state index in [0.29, 0.717) is 0 Å². The summed E-state index contributed by atoms with van der Waals surface area (Å²) in [5.74, 6) is 1.53. The van der Waals surface area contributed by atoms with Crippen molar-refractivity contribution in [1.82, 2.24) is 14.7 Å². The van der Waals surface area contributed by atoms with E-state index in [1.165, 1.54) is 24.8 Å². The number of aryl methyl sites for hydroxylation is 1. The highest BCUT2D eigenvalue weighted by Gasteiger charge is 2.39. The first-order chi connectivity index (χ1) is 8.95. The van der Waals surface area contributed by atoms with Crippen LogP contribution in [0.1, 0.15) is 38.7 Å². The Morgan fingerprint density at radius 3 is 2.53 bits per heavy atom. The van der Waals surface area contributed by atoms with E-state index in [2.05, 4.69) is 37.1 Å². The standard InChI is InChI=1S/C15H28N4/c1-12-5-13(2)7-15(6-12,11-16)18(3)9-14-8-17-19(4)10-14/h8,10,12-13H,5-7,9,11,16H2,1-4H3. The lowest BCUT2D eigenvalue weighted by atomic mass is 9.71. The molecule has 4 nitrogen and oxygen atoms in total. The number of nitrogens with two attached hydrogens (primary N) is 1. The van der Waals surface area contributed by atoms with Gasteiger partial charge in [-0.1, -0.05) is 13.8 Å².